The van der Waals surface area contributed by atoms with Crippen molar-refractivity contribution in [3.8, 4) is 0 Å². The summed E-state index contributed by atoms with van der Waals surface area (Å²) >= 11 is 0. The second-order valence-corrected chi connectivity index (χ2v) is 5.16. The number of piperidine rings is 1. The predicted molar refractivity (Wildman–Crippen MR) is 69.3 cm³/mol. The van der Waals surface area contributed by atoms with Crippen molar-refractivity contribution < 1.29 is 14.7 Å². The number of hydrogen-bond donors (Lipinski definition) is 2. The van der Waals surface area contributed by atoms with Crippen LogP contribution in [0.5, 0.6) is 0 Å². The molecule has 104 valence electrons. The number of nitrogens with one attached hydrogen (secondary N) is 1. The van der Waals surface area contributed by atoms with Crippen molar-refractivity contribution in [3.05, 3.63) is 0 Å². The van der Waals surface area contributed by atoms with Crippen LogP contribution in [-0.4, -0.2) is 48.1 Å². The van der Waals surface area contributed by atoms with E-state index in [4.69, 9.17) is 5.11 Å². The molecule has 1 saturated heterocycles. The van der Waals surface area contributed by atoms with Gasteiger partial charge < -0.3 is 15.3 Å². The molecule has 0 aromatic heterocycles. The van der Waals surface area contributed by atoms with Gasteiger partial charge in [-0.3, -0.25) is 9.59 Å². The number of hydrogen-bond acceptors (Lipinski definition) is 3. The maximum absolute atomic E-state index is 11.4. The number of carboxylic acids is 1. The van der Waals surface area contributed by atoms with Crippen LogP contribution in [0.25, 0.3) is 0 Å². The van der Waals surface area contributed by atoms with Crippen LogP contribution in [0.1, 0.15) is 39.0 Å². The Morgan fingerprint density at radius 3 is 2.50 bits per heavy atom. The number of carbonyl (C=O) groups excluding carboxylic acids is 1. The summed E-state index contributed by atoms with van der Waals surface area (Å²) < 4.78 is 0. The average Bonchev–Trinajstić information content (AvgIpc) is 2.35. The lowest BCUT2D eigenvalue weighted by Crippen LogP contribution is -2.38. The molecule has 5 heteroatoms. The van der Waals surface area contributed by atoms with Gasteiger partial charge in [-0.1, -0.05) is 13.3 Å². The Morgan fingerprint density at radius 2 is 1.89 bits per heavy atom. The van der Waals surface area contributed by atoms with Crippen molar-refractivity contribution in [2.75, 3.05) is 26.2 Å². The van der Waals surface area contributed by atoms with Gasteiger partial charge in [0.2, 0.25) is 5.91 Å². The number of rotatable bonds is 7. The molecule has 0 bridgehead atoms. The largest absolute Gasteiger partial charge is 0.481 e. The van der Waals surface area contributed by atoms with E-state index >= 15 is 0 Å². The lowest BCUT2D eigenvalue weighted by atomic mass is 10.1. The summed E-state index contributed by atoms with van der Waals surface area (Å²) in [4.78, 5) is 24.1. The SMILES string of the molecule is CC(CNC(=O)CCC(=O)O)CN1CCCCC1. The Balaban J connectivity index is 2.09. The van der Waals surface area contributed by atoms with Crippen molar-refractivity contribution in [1.82, 2.24) is 10.2 Å². The lowest BCUT2D eigenvalue weighted by Gasteiger charge is -2.29. The molecule has 2 N–H and O–H groups in total. The quantitative estimate of drug-likeness (QED) is 0.715. The monoisotopic (exact) mass is 256 g/mol. The lowest BCUT2D eigenvalue weighted by molar-refractivity contribution is -0.138. The summed E-state index contributed by atoms with van der Waals surface area (Å²) in [6.07, 6.45) is 3.87. The average molecular weight is 256 g/mol. The highest BCUT2D eigenvalue weighted by atomic mass is 16.4. The third kappa shape index (κ3) is 6.59. The Morgan fingerprint density at radius 1 is 1.22 bits per heavy atom. The molecule has 1 aliphatic rings. The Hall–Kier alpha value is -1.10. The molecule has 0 aromatic carbocycles. The van der Waals surface area contributed by atoms with Gasteiger partial charge in [-0.25, -0.2) is 0 Å². The van der Waals surface area contributed by atoms with E-state index in [-0.39, 0.29) is 18.7 Å². The fraction of sp³-hybridized carbons (Fsp3) is 0.846. The molecule has 1 fully saturated rings. The van der Waals surface area contributed by atoms with E-state index in [1.807, 2.05) is 0 Å². The van der Waals surface area contributed by atoms with E-state index in [9.17, 15) is 9.59 Å². The van der Waals surface area contributed by atoms with Gasteiger partial charge in [0, 0.05) is 19.5 Å². The third-order valence-electron chi connectivity index (χ3n) is 3.23. The maximum Gasteiger partial charge on any atom is 0.303 e. The molecule has 1 aliphatic heterocycles. The van der Waals surface area contributed by atoms with E-state index in [0.717, 1.165) is 19.6 Å². The Kier molecular flexibility index (Phi) is 6.72. The van der Waals surface area contributed by atoms with Crippen molar-refractivity contribution in [2.24, 2.45) is 5.92 Å². The Labute approximate surface area is 109 Å². The molecule has 1 atom stereocenters. The summed E-state index contributed by atoms with van der Waals surface area (Å²) in [6.45, 7) is 6.09. The van der Waals surface area contributed by atoms with Crippen LogP contribution in [-0.2, 0) is 9.59 Å². The molecule has 1 rings (SSSR count). The Bertz CT molecular complexity index is 275. The number of amides is 1. The summed E-state index contributed by atoms with van der Waals surface area (Å²) in [6, 6.07) is 0. The van der Waals surface area contributed by atoms with Crippen LogP contribution < -0.4 is 5.32 Å². The molecule has 1 amide bonds. The molecule has 1 heterocycles. The number of aliphatic carboxylic acids is 1. The van der Waals surface area contributed by atoms with Crippen LogP contribution >= 0.6 is 0 Å². The van der Waals surface area contributed by atoms with Crippen molar-refractivity contribution in [3.63, 3.8) is 0 Å². The van der Waals surface area contributed by atoms with E-state index in [1.54, 1.807) is 0 Å². The van der Waals surface area contributed by atoms with Crippen molar-refractivity contribution in [2.45, 2.75) is 39.0 Å². The first kappa shape index (κ1) is 15.0. The molecule has 5 nitrogen and oxygen atoms in total. The summed E-state index contributed by atoms with van der Waals surface area (Å²) in [5.74, 6) is -0.675. The molecule has 0 aromatic rings. The van der Waals surface area contributed by atoms with Crippen LogP contribution in [0.4, 0.5) is 0 Å². The molecular weight excluding hydrogens is 232 g/mol. The van der Waals surface area contributed by atoms with E-state index in [1.165, 1.54) is 19.3 Å². The number of carboxylic acid groups (broad SMARTS) is 1. The van der Waals surface area contributed by atoms with Gasteiger partial charge in [-0.05, 0) is 31.8 Å². The van der Waals surface area contributed by atoms with Gasteiger partial charge in [0.05, 0.1) is 6.42 Å². The van der Waals surface area contributed by atoms with Gasteiger partial charge in [0.25, 0.3) is 0 Å². The summed E-state index contributed by atoms with van der Waals surface area (Å²) in [5.41, 5.74) is 0. The second-order valence-electron chi connectivity index (χ2n) is 5.16. The van der Waals surface area contributed by atoms with Crippen LogP contribution in [0.15, 0.2) is 0 Å². The normalized spacial score (nSPS) is 18.3. The van der Waals surface area contributed by atoms with Gasteiger partial charge >= 0.3 is 5.97 Å². The van der Waals surface area contributed by atoms with E-state index < -0.39 is 5.97 Å². The first-order chi connectivity index (χ1) is 8.58. The molecule has 1 unspecified atom stereocenters. The minimum Gasteiger partial charge on any atom is -0.481 e. The zero-order valence-electron chi connectivity index (χ0n) is 11.2. The predicted octanol–water partition coefficient (Wildman–Crippen LogP) is 1.09. The molecule has 0 aliphatic carbocycles. The van der Waals surface area contributed by atoms with Crippen molar-refractivity contribution >= 4 is 11.9 Å². The van der Waals surface area contributed by atoms with Crippen LogP contribution in [0.2, 0.25) is 0 Å². The minimum absolute atomic E-state index is 0.0752. The van der Waals surface area contributed by atoms with Gasteiger partial charge in [0.1, 0.15) is 0 Å². The van der Waals surface area contributed by atoms with Gasteiger partial charge in [-0.15, -0.1) is 0 Å². The van der Waals surface area contributed by atoms with E-state index in [2.05, 4.69) is 17.1 Å². The third-order valence-corrected chi connectivity index (χ3v) is 3.23. The summed E-state index contributed by atoms with van der Waals surface area (Å²) in [7, 11) is 0. The van der Waals surface area contributed by atoms with Crippen molar-refractivity contribution in [1.29, 1.82) is 0 Å². The number of carbonyl (C=O) groups is 2. The zero-order valence-corrected chi connectivity index (χ0v) is 11.2. The van der Waals surface area contributed by atoms with Gasteiger partial charge in [-0.2, -0.15) is 0 Å². The first-order valence-corrected chi connectivity index (χ1v) is 6.79. The molecular formula is C13H24N2O3. The fourth-order valence-corrected chi connectivity index (χ4v) is 2.24. The highest BCUT2D eigenvalue weighted by Crippen LogP contribution is 2.10. The second kappa shape index (κ2) is 8.08. The molecule has 0 radical (unpaired) electrons. The van der Waals surface area contributed by atoms with Gasteiger partial charge in [0.15, 0.2) is 0 Å². The first-order valence-electron chi connectivity index (χ1n) is 6.79. The van der Waals surface area contributed by atoms with E-state index in [0.29, 0.717) is 12.5 Å². The summed E-state index contributed by atoms with van der Waals surface area (Å²) in [5, 5.41) is 11.3. The standard InChI is InChI=1S/C13H24N2O3/c1-11(10-15-7-3-2-4-8-15)9-14-12(16)5-6-13(17)18/h11H,2-10H2,1H3,(H,14,16)(H,17,18). The topological polar surface area (TPSA) is 69.6 Å². The highest BCUT2D eigenvalue weighted by molar-refractivity contribution is 5.80. The molecule has 18 heavy (non-hydrogen) atoms. The number of nitrogens with zero attached hydrogens (tertiary/aromatic N) is 1. The van der Waals surface area contributed by atoms with Crippen LogP contribution in [0, 0.1) is 5.92 Å². The van der Waals surface area contributed by atoms with Crippen LogP contribution in [0.3, 0.4) is 0 Å². The fourth-order valence-electron chi connectivity index (χ4n) is 2.24. The molecule has 0 saturated carbocycles. The smallest absolute Gasteiger partial charge is 0.303 e. The number of likely N-dealkylation sites (tertiary alicyclic amines) is 1. The molecule has 0 spiro atoms. The maximum atomic E-state index is 11.4. The highest BCUT2D eigenvalue weighted by Gasteiger charge is 2.14. The zero-order chi connectivity index (χ0) is 13.4. The minimum atomic E-state index is -0.925.